The third-order valence-electron chi connectivity index (χ3n) is 5.15. The van der Waals surface area contributed by atoms with Crippen LogP contribution in [0.4, 0.5) is 0 Å². The average molecular weight is 402 g/mol. The van der Waals surface area contributed by atoms with Crippen LogP contribution in [-0.2, 0) is 17.7 Å². The van der Waals surface area contributed by atoms with Crippen LogP contribution < -0.4 is 5.56 Å². The van der Waals surface area contributed by atoms with Crippen molar-refractivity contribution in [3.05, 3.63) is 76.2 Å². The molecule has 150 valence electrons. The van der Waals surface area contributed by atoms with Crippen LogP contribution >= 0.6 is 0 Å². The lowest BCUT2D eigenvalue weighted by Crippen LogP contribution is -2.21. The summed E-state index contributed by atoms with van der Waals surface area (Å²) in [5.41, 5.74) is 1.53. The van der Waals surface area contributed by atoms with Gasteiger partial charge in [0.2, 0.25) is 5.89 Å². The van der Waals surface area contributed by atoms with E-state index >= 15 is 0 Å². The zero-order valence-electron chi connectivity index (χ0n) is 16.2. The first-order valence-corrected chi connectivity index (χ1v) is 9.73. The molecule has 0 unspecified atom stereocenters. The van der Waals surface area contributed by atoms with Crippen LogP contribution in [0.2, 0.25) is 0 Å². The second-order valence-electron chi connectivity index (χ2n) is 7.18. The molecule has 8 heteroatoms. The van der Waals surface area contributed by atoms with Gasteiger partial charge in [0, 0.05) is 18.5 Å². The summed E-state index contributed by atoms with van der Waals surface area (Å²) in [4.78, 5) is 29.8. The maximum Gasteiger partial charge on any atom is 0.338 e. The highest BCUT2D eigenvalue weighted by molar-refractivity contribution is 5.94. The van der Waals surface area contributed by atoms with Gasteiger partial charge in [-0.15, -0.1) is 10.2 Å². The maximum absolute atomic E-state index is 12.6. The van der Waals surface area contributed by atoms with Gasteiger partial charge in [-0.3, -0.25) is 9.36 Å². The molecule has 0 saturated heterocycles. The van der Waals surface area contributed by atoms with Crippen LogP contribution in [0, 0.1) is 0 Å². The molecule has 1 aliphatic heterocycles. The molecular weight excluding hydrogens is 384 g/mol. The number of hydrogen-bond acceptors (Lipinski definition) is 7. The van der Waals surface area contributed by atoms with Crippen molar-refractivity contribution in [2.75, 3.05) is 0 Å². The van der Waals surface area contributed by atoms with E-state index in [9.17, 15) is 9.59 Å². The lowest BCUT2D eigenvalue weighted by Gasteiger charge is -2.10. The van der Waals surface area contributed by atoms with Crippen molar-refractivity contribution in [1.82, 2.24) is 19.7 Å². The first kappa shape index (κ1) is 18.2. The lowest BCUT2D eigenvalue weighted by atomic mass is 10.1. The van der Waals surface area contributed by atoms with Crippen molar-refractivity contribution in [1.29, 1.82) is 0 Å². The number of nitrogens with zero attached hydrogens (tertiary/aromatic N) is 4. The Morgan fingerprint density at radius 2 is 2.00 bits per heavy atom. The molecule has 0 bridgehead atoms. The summed E-state index contributed by atoms with van der Waals surface area (Å²) in [6.07, 6.45) is 0.939. The molecular formula is C22H18N4O4. The largest absolute Gasteiger partial charge is 0.449 e. The number of ether oxygens (including phenoxy) is 1. The van der Waals surface area contributed by atoms with Crippen molar-refractivity contribution in [2.24, 2.45) is 0 Å². The van der Waals surface area contributed by atoms with E-state index in [1.165, 1.54) is 0 Å². The molecule has 1 aliphatic rings. The monoisotopic (exact) mass is 402 g/mol. The molecule has 2 aromatic heterocycles. The van der Waals surface area contributed by atoms with Crippen molar-refractivity contribution in [2.45, 2.75) is 32.4 Å². The van der Waals surface area contributed by atoms with Gasteiger partial charge in [0.25, 0.3) is 11.4 Å². The second-order valence-corrected chi connectivity index (χ2v) is 7.18. The predicted molar refractivity (Wildman–Crippen MR) is 108 cm³/mol. The van der Waals surface area contributed by atoms with Crippen LogP contribution in [0.15, 0.2) is 57.7 Å². The maximum atomic E-state index is 12.6. The second kappa shape index (κ2) is 7.22. The molecule has 0 fully saturated rings. The van der Waals surface area contributed by atoms with E-state index in [0.717, 1.165) is 24.2 Å². The van der Waals surface area contributed by atoms with Crippen LogP contribution in [0.1, 0.15) is 41.5 Å². The minimum atomic E-state index is -0.725. The molecule has 0 aliphatic carbocycles. The van der Waals surface area contributed by atoms with E-state index in [1.54, 1.807) is 29.7 Å². The van der Waals surface area contributed by atoms with Gasteiger partial charge in [0.15, 0.2) is 6.10 Å². The van der Waals surface area contributed by atoms with Crippen LogP contribution in [0.25, 0.3) is 22.4 Å². The Kier molecular flexibility index (Phi) is 4.39. The quantitative estimate of drug-likeness (QED) is 0.483. The third kappa shape index (κ3) is 3.16. The van der Waals surface area contributed by atoms with Gasteiger partial charge in [-0.1, -0.05) is 18.2 Å². The van der Waals surface area contributed by atoms with Crippen molar-refractivity contribution >= 4 is 16.9 Å². The molecule has 8 nitrogen and oxygen atoms in total. The molecule has 0 saturated carbocycles. The molecule has 3 heterocycles. The van der Waals surface area contributed by atoms with Gasteiger partial charge in [0.1, 0.15) is 5.82 Å². The van der Waals surface area contributed by atoms with E-state index in [-0.39, 0.29) is 11.4 Å². The van der Waals surface area contributed by atoms with Gasteiger partial charge in [0.05, 0.1) is 16.5 Å². The molecule has 4 aromatic rings. The number of hydrogen-bond donors (Lipinski definition) is 0. The number of benzene rings is 2. The summed E-state index contributed by atoms with van der Waals surface area (Å²) >= 11 is 0. The molecule has 0 spiro atoms. The number of aromatic nitrogens is 4. The van der Waals surface area contributed by atoms with Crippen LogP contribution in [-0.4, -0.2) is 25.7 Å². The highest BCUT2D eigenvalue weighted by Gasteiger charge is 2.21. The van der Waals surface area contributed by atoms with E-state index in [1.807, 2.05) is 30.3 Å². The van der Waals surface area contributed by atoms with Gasteiger partial charge >= 0.3 is 5.97 Å². The van der Waals surface area contributed by atoms with Crippen molar-refractivity contribution in [3.8, 4) is 11.5 Å². The number of carbonyl (C=O) groups is 1. The smallest absolute Gasteiger partial charge is 0.338 e. The SMILES string of the molecule is C[C@@H](OC(=O)c1ccc2c(=O)n3c(nc2c1)CCC3)c1nnc(-c2ccccc2)o1. The average Bonchev–Trinajstić information content (AvgIpc) is 3.44. The highest BCUT2D eigenvalue weighted by Crippen LogP contribution is 2.23. The Balaban J connectivity index is 1.37. The Hall–Kier alpha value is -3.81. The zero-order valence-corrected chi connectivity index (χ0v) is 16.2. The summed E-state index contributed by atoms with van der Waals surface area (Å²) in [6, 6.07) is 14.1. The fourth-order valence-electron chi connectivity index (χ4n) is 3.59. The topological polar surface area (TPSA) is 100 Å². The van der Waals surface area contributed by atoms with Gasteiger partial charge in [-0.05, 0) is 43.7 Å². The van der Waals surface area contributed by atoms with Gasteiger partial charge in [-0.25, -0.2) is 9.78 Å². The summed E-state index contributed by atoms with van der Waals surface area (Å²) in [7, 11) is 0. The number of aryl methyl sites for hydroxylation is 1. The minimum Gasteiger partial charge on any atom is -0.449 e. The van der Waals surface area contributed by atoms with E-state index in [4.69, 9.17) is 9.15 Å². The number of fused-ring (bicyclic) bond motifs is 2. The van der Waals surface area contributed by atoms with Crippen molar-refractivity contribution in [3.63, 3.8) is 0 Å². The van der Waals surface area contributed by atoms with Gasteiger partial charge < -0.3 is 9.15 Å². The van der Waals surface area contributed by atoms with Crippen LogP contribution in [0.5, 0.6) is 0 Å². The Labute approximate surface area is 171 Å². The zero-order chi connectivity index (χ0) is 20.7. The fourth-order valence-corrected chi connectivity index (χ4v) is 3.59. The molecule has 5 rings (SSSR count). The normalized spacial score (nSPS) is 13.9. The summed E-state index contributed by atoms with van der Waals surface area (Å²) < 4.78 is 12.8. The lowest BCUT2D eigenvalue weighted by molar-refractivity contribution is 0.0280. The van der Waals surface area contributed by atoms with Crippen molar-refractivity contribution < 1.29 is 13.9 Å². The van der Waals surface area contributed by atoms with Gasteiger partial charge in [-0.2, -0.15) is 0 Å². The third-order valence-corrected chi connectivity index (χ3v) is 5.15. The summed E-state index contributed by atoms with van der Waals surface area (Å²) in [5.74, 6) is 0.770. The Bertz CT molecular complexity index is 1310. The first-order valence-electron chi connectivity index (χ1n) is 9.73. The van der Waals surface area contributed by atoms with Crippen LogP contribution in [0.3, 0.4) is 0 Å². The van der Waals surface area contributed by atoms with E-state index in [0.29, 0.717) is 28.9 Å². The number of rotatable bonds is 4. The number of carbonyl (C=O) groups excluding carboxylic acids is 1. The first-order chi connectivity index (χ1) is 14.6. The number of esters is 1. The highest BCUT2D eigenvalue weighted by atomic mass is 16.6. The Morgan fingerprint density at radius 1 is 1.17 bits per heavy atom. The molecule has 0 radical (unpaired) electrons. The van der Waals surface area contributed by atoms with E-state index < -0.39 is 12.1 Å². The molecule has 30 heavy (non-hydrogen) atoms. The standard InChI is InChI=1S/C22H18N4O4/c1-13(19-24-25-20(30-19)14-6-3-2-4-7-14)29-22(28)15-9-10-16-17(12-15)23-18-8-5-11-26(18)21(16)27/h2-4,6-7,9-10,12-13H,5,8,11H2,1H3/t13-/m1/s1. The molecule has 1 atom stereocenters. The molecule has 0 amide bonds. The van der Waals surface area contributed by atoms with E-state index in [2.05, 4.69) is 15.2 Å². The summed E-state index contributed by atoms with van der Waals surface area (Å²) in [6.45, 7) is 2.35. The molecule has 2 aromatic carbocycles. The summed E-state index contributed by atoms with van der Waals surface area (Å²) in [5, 5.41) is 8.50. The minimum absolute atomic E-state index is 0.0694. The predicted octanol–water partition coefficient (Wildman–Crippen LogP) is 3.31. The Morgan fingerprint density at radius 3 is 2.83 bits per heavy atom. The fraction of sp³-hybridized carbons (Fsp3) is 0.227. The molecule has 0 N–H and O–H groups in total.